The predicted octanol–water partition coefficient (Wildman–Crippen LogP) is 3.35. The van der Waals surface area contributed by atoms with Crippen LogP contribution in [0.2, 0.25) is 0 Å². The van der Waals surface area contributed by atoms with Crippen LogP contribution in [0.3, 0.4) is 0 Å². The predicted molar refractivity (Wildman–Crippen MR) is 107 cm³/mol. The molecular formula is C21H25NO4S. The van der Waals surface area contributed by atoms with Crippen LogP contribution in [0, 0.1) is 11.8 Å². The van der Waals surface area contributed by atoms with Crippen molar-refractivity contribution >= 4 is 10.0 Å². The van der Waals surface area contributed by atoms with E-state index in [1.807, 2.05) is 24.3 Å². The SMILES string of the molecule is COc1ccccc1OCC#CCNS(=O)(=O)c1ccc(C(C)(C)C)cc1. The van der Waals surface area contributed by atoms with Gasteiger partial charge in [0.25, 0.3) is 0 Å². The minimum atomic E-state index is -3.59. The van der Waals surface area contributed by atoms with Gasteiger partial charge in [-0.15, -0.1) is 0 Å². The van der Waals surface area contributed by atoms with Gasteiger partial charge in [-0.1, -0.05) is 56.9 Å². The summed E-state index contributed by atoms with van der Waals surface area (Å²) >= 11 is 0. The van der Waals surface area contributed by atoms with Crippen LogP contribution in [0.25, 0.3) is 0 Å². The minimum absolute atomic E-state index is 0.0125. The fourth-order valence-electron chi connectivity index (χ4n) is 2.31. The molecule has 144 valence electrons. The number of sulfonamides is 1. The monoisotopic (exact) mass is 387 g/mol. The summed E-state index contributed by atoms with van der Waals surface area (Å²) in [5, 5.41) is 0. The summed E-state index contributed by atoms with van der Waals surface area (Å²) in [6, 6.07) is 14.2. The maximum atomic E-state index is 12.3. The Balaban J connectivity index is 1.88. The van der Waals surface area contributed by atoms with Crippen molar-refractivity contribution in [1.29, 1.82) is 0 Å². The molecule has 27 heavy (non-hydrogen) atoms. The number of hydrogen-bond acceptors (Lipinski definition) is 4. The molecule has 0 bridgehead atoms. The lowest BCUT2D eigenvalue weighted by molar-refractivity contribution is 0.331. The molecule has 0 unspecified atom stereocenters. The fourth-order valence-corrected chi connectivity index (χ4v) is 3.24. The van der Waals surface area contributed by atoms with Gasteiger partial charge in [0.1, 0.15) is 6.61 Å². The molecule has 5 nitrogen and oxygen atoms in total. The third kappa shape index (κ3) is 6.02. The van der Waals surface area contributed by atoms with Gasteiger partial charge in [0.2, 0.25) is 10.0 Å². The zero-order valence-electron chi connectivity index (χ0n) is 16.1. The molecule has 0 amide bonds. The summed E-state index contributed by atoms with van der Waals surface area (Å²) in [6.07, 6.45) is 0. The quantitative estimate of drug-likeness (QED) is 0.772. The molecule has 0 heterocycles. The first-order valence-corrected chi connectivity index (χ1v) is 10.0. The van der Waals surface area contributed by atoms with E-state index in [1.54, 1.807) is 31.4 Å². The van der Waals surface area contributed by atoms with Gasteiger partial charge in [0.05, 0.1) is 18.6 Å². The second-order valence-electron chi connectivity index (χ2n) is 6.89. The van der Waals surface area contributed by atoms with Crippen LogP contribution in [-0.4, -0.2) is 28.7 Å². The third-order valence-corrected chi connectivity index (χ3v) is 5.29. The van der Waals surface area contributed by atoms with E-state index in [1.165, 1.54) is 0 Å². The maximum absolute atomic E-state index is 12.3. The average molecular weight is 388 g/mol. The fraction of sp³-hybridized carbons (Fsp3) is 0.333. The zero-order chi connectivity index (χ0) is 19.9. The van der Waals surface area contributed by atoms with Crippen LogP contribution in [0.1, 0.15) is 26.3 Å². The van der Waals surface area contributed by atoms with Crippen molar-refractivity contribution < 1.29 is 17.9 Å². The van der Waals surface area contributed by atoms with E-state index in [4.69, 9.17) is 9.47 Å². The van der Waals surface area contributed by atoms with Crippen molar-refractivity contribution in [3.05, 3.63) is 54.1 Å². The maximum Gasteiger partial charge on any atom is 0.241 e. The van der Waals surface area contributed by atoms with E-state index in [0.29, 0.717) is 11.5 Å². The lowest BCUT2D eigenvalue weighted by atomic mass is 9.87. The number of ether oxygens (including phenoxy) is 2. The minimum Gasteiger partial charge on any atom is -0.493 e. The summed E-state index contributed by atoms with van der Waals surface area (Å²) < 4.78 is 37.8. The first kappa shape index (κ1) is 20.8. The van der Waals surface area contributed by atoms with E-state index < -0.39 is 10.0 Å². The number of rotatable bonds is 6. The number of para-hydroxylation sites is 2. The van der Waals surface area contributed by atoms with Crippen molar-refractivity contribution in [3.8, 4) is 23.3 Å². The van der Waals surface area contributed by atoms with E-state index >= 15 is 0 Å². The molecule has 0 saturated carbocycles. The van der Waals surface area contributed by atoms with Gasteiger partial charge in [-0.25, -0.2) is 8.42 Å². The van der Waals surface area contributed by atoms with Crippen molar-refractivity contribution in [2.75, 3.05) is 20.3 Å². The molecule has 2 rings (SSSR count). The smallest absolute Gasteiger partial charge is 0.241 e. The summed E-state index contributed by atoms with van der Waals surface area (Å²) in [5.74, 6) is 6.75. The topological polar surface area (TPSA) is 64.6 Å². The molecular weight excluding hydrogens is 362 g/mol. The molecule has 0 aromatic heterocycles. The van der Waals surface area contributed by atoms with E-state index in [0.717, 1.165) is 5.56 Å². The first-order valence-electron chi connectivity index (χ1n) is 8.56. The highest BCUT2D eigenvalue weighted by molar-refractivity contribution is 7.89. The van der Waals surface area contributed by atoms with Crippen LogP contribution >= 0.6 is 0 Å². The van der Waals surface area contributed by atoms with Gasteiger partial charge in [-0.3, -0.25) is 0 Å². The van der Waals surface area contributed by atoms with Gasteiger partial charge in [-0.2, -0.15) is 4.72 Å². The zero-order valence-corrected chi connectivity index (χ0v) is 16.9. The first-order chi connectivity index (χ1) is 12.7. The van der Waals surface area contributed by atoms with Crippen LogP contribution in [0.4, 0.5) is 0 Å². The average Bonchev–Trinajstić information content (AvgIpc) is 2.64. The van der Waals surface area contributed by atoms with Crippen molar-refractivity contribution in [3.63, 3.8) is 0 Å². The molecule has 1 N–H and O–H groups in total. The van der Waals surface area contributed by atoms with Gasteiger partial charge >= 0.3 is 0 Å². The summed E-state index contributed by atoms with van der Waals surface area (Å²) in [5.41, 5.74) is 1.05. The Hall–Kier alpha value is -2.49. The Morgan fingerprint density at radius 3 is 2.19 bits per heavy atom. The Morgan fingerprint density at radius 1 is 0.963 bits per heavy atom. The molecule has 0 saturated heterocycles. The second-order valence-corrected chi connectivity index (χ2v) is 8.66. The number of benzene rings is 2. The lowest BCUT2D eigenvalue weighted by Crippen LogP contribution is -2.24. The molecule has 0 aliphatic carbocycles. The lowest BCUT2D eigenvalue weighted by Gasteiger charge is -2.19. The largest absolute Gasteiger partial charge is 0.493 e. The normalized spacial score (nSPS) is 11.4. The van der Waals surface area contributed by atoms with Gasteiger partial charge in [0.15, 0.2) is 11.5 Å². The summed E-state index contributed by atoms with van der Waals surface area (Å²) in [7, 11) is -2.02. The van der Waals surface area contributed by atoms with Crippen molar-refractivity contribution in [2.45, 2.75) is 31.1 Å². The molecule has 2 aromatic rings. The van der Waals surface area contributed by atoms with E-state index in [-0.39, 0.29) is 23.5 Å². The molecule has 0 radical (unpaired) electrons. The van der Waals surface area contributed by atoms with E-state index in [2.05, 4.69) is 37.3 Å². The van der Waals surface area contributed by atoms with Crippen LogP contribution in [0.5, 0.6) is 11.5 Å². The highest BCUT2D eigenvalue weighted by Gasteiger charge is 2.16. The van der Waals surface area contributed by atoms with Crippen LogP contribution in [-0.2, 0) is 15.4 Å². The molecule has 0 aliphatic heterocycles. The van der Waals surface area contributed by atoms with Crippen LogP contribution in [0.15, 0.2) is 53.4 Å². The third-order valence-electron chi connectivity index (χ3n) is 3.88. The molecule has 2 aromatic carbocycles. The number of nitrogens with one attached hydrogen (secondary N) is 1. The Morgan fingerprint density at radius 2 is 1.59 bits per heavy atom. The number of hydrogen-bond donors (Lipinski definition) is 1. The summed E-state index contributed by atoms with van der Waals surface area (Å²) in [6.45, 7) is 6.40. The molecule has 0 spiro atoms. The van der Waals surface area contributed by atoms with Gasteiger partial charge in [0, 0.05) is 0 Å². The van der Waals surface area contributed by atoms with Gasteiger partial charge in [-0.05, 0) is 35.2 Å². The highest BCUT2D eigenvalue weighted by Crippen LogP contribution is 2.25. The Bertz CT molecular complexity index is 917. The van der Waals surface area contributed by atoms with Crippen molar-refractivity contribution in [2.24, 2.45) is 0 Å². The molecule has 0 atom stereocenters. The van der Waals surface area contributed by atoms with Crippen LogP contribution < -0.4 is 14.2 Å². The van der Waals surface area contributed by atoms with Gasteiger partial charge < -0.3 is 9.47 Å². The number of methoxy groups -OCH3 is 1. The molecule has 6 heteroatoms. The highest BCUT2D eigenvalue weighted by atomic mass is 32.2. The molecule has 0 fully saturated rings. The Kier molecular flexibility index (Phi) is 6.89. The molecule has 0 aliphatic rings. The van der Waals surface area contributed by atoms with Crippen molar-refractivity contribution in [1.82, 2.24) is 4.72 Å². The summed E-state index contributed by atoms with van der Waals surface area (Å²) in [4.78, 5) is 0.225. The Labute approximate surface area is 161 Å². The van der Waals surface area contributed by atoms with E-state index in [9.17, 15) is 8.42 Å². The standard InChI is InChI=1S/C21H25NO4S/c1-21(2,3)17-11-13-18(14-12-17)27(23,24)22-15-7-8-16-26-20-10-6-5-9-19(20)25-4/h5-6,9-14,22H,15-16H2,1-4H3. The second kappa shape index (κ2) is 8.94.